The molecule has 2 aromatic rings. The van der Waals surface area contributed by atoms with Crippen molar-refractivity contribution in [3.8, 4) is 0 Å². The second kappa shape index (κ2) is 6.33. The van der Waals surface area contributed by atoms with Crippen LogP contribution in [-0.4, -0.2) is 27.7 Å². The lowest BCUT2D eigenvalue weighted by Crippen LogP contribution is -2.25. The number of aromatic nitrogens is 2. The van der Waals surface area contributed by atoms with E-state index in [4.69, 9.17) is 0 Å². The molecule has 0 spiro atoms. The number of aliphatic hydroxyl groups excluding tert-OH is 1. The zero-order chi connectivity index (χ0) is 12.8. The van der Waals surface area contributed by atoms with E-state index in [2.05, 4.69) is 14.9 Å². The standard InChI is InChI=1S/C14H19N3O/c1-12-16-8-10-17(12)9-7-15-11-14(18)13-5-3-2-4-6-13/h2-6,8,10,14-15,18H,7,9,11H2,1H3. The minimum atomic E-state index is -0.449. The fourth-order valence-corrected chi connectivity index (χ4v) is 1.87. The Balaban J connectivity index is 1.71. The van der Waals surface area contributed by atoms with E-state index in [0.29, 0.717) is 6.54 Å². The molecule has 0 aliphatic heterocycles. The van der Waals surface area contributed by atoms with Crippen molar-refractivity contribution in [2.24, 2.45) is 0 Å². The Morgan fingerprint density at radius 3 is 2.78 bits per heavy atom. The summed E-state index contributed by atoms with van der Waals surface area (Å²) in [7, 11) is 0. The second-order valence-corrected chi connectivity index (χ2v) is 4.30. The van der Waals surface area contributed by atoms with Crippen LogP contribution in [0.3, 0.4) is 0 Å². The maximum absolute atomic E-state index is 9.95. The van der Waals surface area contributed by atoms with E-state index in [9.17, 15) is 5.11 Å². The van der Waals surface area contributed by atoms with E-state index >= 15 is 0 Å². The summed E-state index contributed by atoms with van der Waals surface area (Å²) in [6.07, 6.45) is 3.31. The lowest BCUT2D eigenvalue weighted by Gasteiger charge is -2.12. The number of imidazole rings is 1. The fraction of sp³-hybridized carbons (Fsp3) is 0.357. The number of aliphatic hydroxyl groups is 1. The van der Waals surface area contributed by atoms with Crippen LogP contribution < -0.4 is 5.32 Å². The van der Waals surface area contributed by atoms with Crippen molar-refractivity contribution in [2.75, 3.05) is 13.1 Å². The number of nitrogens with one attached hydrogen (secondary N) is 1. The molecule has 0 fully saturated rings. The normalized spacial score (nSPS) is 12.6. The van der Waals surface area contributed by atoms with Gasteiger partial charge in [0, 0.05) is 32.0 Å². The number of rotatable bonds is 6. The van der Waals surface area contributed by atoms with Crippen LogP contribution in [0.15, 0.2) is 42.7 Å². The van der Waals surface area contributed by atoms with Crippen molar-refractivity contribution in [3.63, 3.8) is 0 Å². The van der Waals surface area contributed by atoms with Gasteiger partial charge in [-0.2, -0.15) is 0 Å². The fourth-order valence-electron chi connectivity index (χ4n) is 1.87. The summed E-state index contributed by atoms with van der Waals surface area (Å²) < 4.78 is 2.09. The molecule has 0 radical (unpaired) electrons. The van der Waals surface area contributed by atoms with Crippen molar-refractivity contribution in [3.05, 3.63) is 54.1 Å². The van der Waals surface area contributed by atoms with Crippen LogP contribution in [0.4, 0.5) is 0 Å². The number of hydrogen-bond donors (Lipinski definition) is 2. The van der Waals surface area contributed by atoms with Crippen molar-refractivity contribution < 1.29 is 5.11 Å². The van der Waals surface area contributed by atoms with Crippen molar-refractivity contribution in [2.45, 2.75) is 19.6 Å². The SMILES string of the molecule is Cc1nccn1CCNCC(O)c1ccccc1. The first-order valence-corrected chi connectivity index (χ1v) is 6.19. The molecule has 0 aliphatic carbocycles. The van der Waals surface area contributed by atoms with Crippen LogP contribution in [0.5, 0.6) is 0 Å². The predicted molar refractivity (Wildman–Crippen MR) is 71.2 cm³/mol. The van der Waals surface area contributed by atoms with Gasteiger partial charge in [0.15, 0.2) is 0 Å². The average molecular weight is 245 g/mol. The van der Waals surface area contributed by atoms with Gasteiger partial charge >= 0.3 is 0 Å². The summed E-state index contributed by atoms with van der Waals surface area (Å²) >= 11 is 0. The number of hydrogen-bond acceptors (Lipinski definition) is 3. The smallest absolute Gasteiger partial charge is 0.105 e. The molecule has 0 saturated carbocycles. The number of benzene rings is 1. The highest BCUT2D eigenvalue weighted by molar-refractivity contribution is 5.17. The molecule has 1 atom stereocenters. The van der Waals surface area contributed by atoms with Gasteiger partial charge in [-0.3, -0.25) is 0 Å². The number of nitrogens with zero attached hydrogens (tertiary/aromatic N) is 2. The van der Waals surface area contributed by atoms with Gasteiger partial charge in [-0.25, -0.2) is 4.98 Å². The monoisotopic (exact) mass is 245 g/mol. The van der Waals surface area contributed by atoms with E-state index < -0.39 is 6.10 Å². The first-order chi connectivity index (χ1) is 8.77. The molecular weight excluding hydrogens is 226 g/mol. The maximum Gasteiger partial charge on any atom is 0.105 e. The van der Waals surface area contributed by atoms with Gasteiger partial charge in [-0.15, -0.1) is 0 Å². The molecule has 1 unspecified atom stereocenters. The molecular formula is C14H19N3O. The Kier molecular flexibility index (Phi) is 4.50. The minimum Gasteiger partial charge on any atom is -0.387 e. The highest BCUT2D eigenvalue weighted by Crippen LogP contribution is 2.10. The van der Waals surface area contributed by atoms with Crippen molar-refractivity contribution in [1.82, 2.24) is 14.9 Å². The molecule has 0 amide bonds. The molecule has 4 heteroatoms. The first kappa shape index (κ1) is 12.8. The Hall–Kier alpha value is -1.65. The van der Waals surface area contributed by atoms with Gasteiger partial charge in [-0.05, 0) is 12.5 Å². The van der Waals surface area contributed by atoms with Crippen LogP contribution >= 0.6 is 0 Å². The largest absolute Gasteiger partial charge is 0.387 e. The van der Waals surface area contributed by atoms with Gasteiger partial charge in [0.25, 0.3) is 0 Å². The van der Waals surface area contributed by atoms with E-state index in [1.165, 1.54) is 0 Å². The Bertz CT molecular complexity index is 467. The Morgan fingerprint density at radius 2 is 2.11 bits per heavy atom. The molecule has 18 heavy (non-hydrogen) atoms. The van der Waals surface area contributed by atoms with E-state index in [1.807, 2.05) is 43.5 Å². The average Bonchev–Trinajstić information content (AvgIpc) is 2.81. The van der Waals surface area contributed by atoms with Crippen LogP contribution in [-0.2, 0) is 6.54 Å². The number of aryl methyl sites for hydroxylation is 1. The highest BCUT2D eigenvalue weighted by atomic mass is 16.3. The summed E-state index contributed by atoms with van der Waals surface area (Å²) in [6.45, 7) is 4.24. The van der Waals surface area contributed by atoms with Crippen LogP contribution in [0.1, 0.15) is 17.5 Å². The van der Waals surface area contributed by atoms with Crippen molar-refractivity contribution in [1.29, 1.82) is 0 Å². The highest BCUT2D eigenvalue weighted by Gasteiger charge is 2.05. The molecule has 96 valence electrons. The third-order valence-corrected chi connectivity index (χ3v) is 2.98. The maximum atomic E-state index is 9.95. The van der Waals surface area contributed by atoms with Gasteiger partial charge in [-0.1, -0.05) is 30.3 Å². The van der Waals surface area contributed by atoms with Crippen LogP contribution in [0.25, 0.3) is 0 Å². The molecule has 0 saturated heterocycles. The van der Waals surface area contributed by atoms with Gasteiger partial charge in [0.2, 0.25) is 0 Å². The van der Waals surface area contributed by atoms with Gasteiger partial charge in [0.05, 0.1) is 6.10 Å². The summed E-state index contributed by atoms with van der Waals surface area (Å²) in [5, 5.41) is 13.2. The van der Waals surface area contributed by atoms with Gasteiger partial charge < -0.3 is 15.0 Å². The van der Waals surface area contributed by atoms with Crippen LogP contribution in [0, 0.1) is 6.92 Å². The second-order valence-electron chi connectivity index (χ2n) is 4.30. The van der Waals surface area contributed by atoms with E-state index in [0.717, 1.165) is 24.5 Å². The topological polar surface area (TPSA) is 50.1 Å². The zero-order valence-electron chi connectivity index (χ0n) is 10.6. The summed E-state index contributed by atoms with van der Waals surface area (Å²) in [5.41, 5.74) is 0.948. The molecule has 2 N–H and O–H groups in total. The summed E-state index contributed by atoms with van der Waals surface area (Å²) in [5.74, 6) is 1.01. The molecule has 0 aliphatic rings. The molecule has 1 aromatic carbocycles. The third-order valence-electron chi connectivity index (χ3n) is 2.98. The molecule has 1 heterocycles. The quantitative estimate of drug-likeness (QED) is 0.759. The van der Waals surface area contributed by atoms with E-state index in [1.54, 1.807) is 6.20 Å². The Labute approximate surface area is 107 Å². The summed E-state index contributed by atoms with van der Waals surface area (Å²) in [6, 6.07) is 9.70. The molecule has 4 nitrogen and oxygen atoms in total. The van der Waals surface area contributed by atoms with Crippen LogP contribution in [0.2, 0.25) is 0 Å². The zero-order valence-corrected chi connectivity index (χ0v) is 10.6. The minimum absolute atomic E-state index is 0.449. The third kappa shape index (κ3) is 3.42. The predicted octanol–water partition coefficient (Wildman–Crippen LogP) is 1.51. The lowest BCUT2D eigenvalue weighted by atomic mass is 10.1. The van der Waals surface area contributed by atoms with E-state index in [-0.39, 0.29) is 0 Å². The molecule has 0 bridgehead atoms. The summed E-state index contributed by atoms with van der Waals surface area (Å²) in [4.78, 5) is 4.16. The van der Waals surface area contributed by atoms with Crippen molar-refractivity contribution >= 4 is 0 Å². The lowest BCUT2D eigenvalue weighted by molar-refractivity contribution is 0.174. The van der Waals surface area contributed by atoms with Gasteiger partial charge in [0.1, 0.15) is 5.82 Å². The Morgan fingerprint density at radius 1 is 1.33 bits per heavy atom. The first-order valence-electron chi connectivity index (χ1n) is 6.19. The molecule has 2 rings (SSSR count). The molecule has 1 aromatic heterocycles.